The highest BCUT2D eigenvalue weighted by molar-refractivity contribution is 5.99. The Morgan fingerprint density at radius 2 is 1.96 bits per heavy atom. The maximum atomic E-state index is 12.5. The number of furan rings is 1. The van der Waals surface area contributed by atoms with Crippen molar-refractivity contribution < 1.29 is 18.7 Å². The van der Waals surface area contributed by atoms with Crippen LogP contribution in [0.4, 0.5) is 5.69 Å². The number of nitrogens with one attached hydrogen (secondary N) is 1. The zero-order valence-electron chi connectivity index (χ0n) is 12.8. The van der Waals surface area contributed by atoms with E-state index in [1.54, 1.807) is 6.07 Å². The Balaban J connectivity index is 1.51. The first kappa shape index (κ1) is 14.5. The number of amides is 1. The Morgan fingerprint density at radius 1 is 1.17 bits per heavy atom. The number of carbonyl (C=O) groups is 2. The second-order valence-electron chi connectivity index (χ2n) is 5.75. The van der Waals surface area contributed by atoms with Crippen LogP contribution in [0.5, 0.6) is 0 Å². The minimum Gasteiger partial charge on any atom is -0.457 e. The van der Waals surface area contributed by atoms with Crippen molar-refractivity contribution in [3.8, 4) is 0 Å². The maximum absolute atomic E-state index is 12.5. The van der Waals surface area contributed by atoms with Crippen molar-refractivity contribution in [1.29, 1.82) is 0 Å². The van der Waals surface area contributed by atoms with Crippen molar-refractivity contribution in [2.24, 2.45) is 0 Å². The number of rotatable bonds is 3. The minimum atomic E-state index is -0.584. The molecule has 0 saturated carbocycles. The molecule has 1 unspecified atom stereocenters. The standard InChI is InChI=1S/C19H15NO4/c21-18-10-15(14-6-2-3-7-16(14)20-18)19(22)23-11-13-9-12-5-1-4-8-17(12)24-13/h1-9,15H,10-11H2,(H,20,21). The van der Waals surface area contributed by atoms with E-state index in [1.165, 1.54) is 0 Å². The second kappa shape index (κ2) is 5.85. The molecule has 0 bridgehead atoms. The number of ether oxygens (including phenoxy) is 1. The van der Waals surface area contributed by atoms with E-state index in [-0.39, 0.29) is 18.9 Å². The number of para-hydroxylation sites is 2. The van der Waals surface area contributed by atoms with Gasteiger partial charge in [-0.1, -0.05) is 36.4 Å². The van der Waals surface area contributed by atoms with Crippen LogP contribution in [0.2, 0.25) is 0 Å². The molecular weight excluding hydrogens is 306 g/mol. The van der Waals surface area contributed by atoms with E-state index in [0.717, 1.165) is 16.5 Å². The quantitative estimate of drug-likeness (QED) is 0.748. The third-order valence-corrected chi connectivity index (χ3v) is 4.12. The van der Waals surface area contributed by atoms with Gasteiger partial charge >= 0.3 is 5.97 Å². The molecule has 1 aliphatic rings. The molecule has 0 aliphatic carbocycles. The zero-order chi connectivity index (χ0) is 16.5. The lowest BCUT2D eigenvalue weighted by Gasteiger charge is -2.23. The summed E-state index contributed by atoms with van der Waals surface area (Å²) in [5, 5.41) is 3.73. The molecule has 1 aromatic heterocycles. The van der Waals surface area contributed by atoms with Crippen molar-refractivity contribution >= 4 is 28.5 Å². The van der Waals surface area contributed by atoms with Crippen molar-refractivity contribution in [1.82, 2.24) is 0 Å². The summed E-state index contributed by atoms with van der Waals surface area (Å²) >= 11 is 0. The molecule has 0 fully saturated rings. The van der Waals surface area contributed by atoms with Crippen LogP contribution in [0, 0.1) is 0 Å². The predicted molar refractivity (Wildman–Crippen MR) is 88.4 cm³/mol. The fraction of sp³-hybridized carbons (Fsp3) is 0.158. The molecule has 24 heavy (non-hydrogen) atoms. The minimum absolute atomic E-state index is 0.0494. The first-order chi connectivity index (χ1) is 11.7. The van der Waals surface area contributed by atoms with Crippen LogP contribution in [0.25, 0.3) is 11.0 Å². The van der Waals surface area contributed by atoms with Gasteiger partial charge in [-0.3, -0.25) is 9.59 Å². The Kier molecular flexibility index (Phi) is 3.54. The molecule has 2 heterocycles. The molecule has 1 atom stereocenters. The topological polar surface area (TPSA) is 68.5 Å². The molecule has 4 rings (SSSR count). The summed E-state index contributed by atoms with van der Waals surface area (Å²) in [6.07, 6.45) is 0.0932. The smallest absolute Gasteiger partial charge is 0.314 e. The highest BCUT2D eigenvalue weighted by Crippen LogP contribution is 2.33. The van der Waals surface area contributed by atoms with E-state index in [9.17, 15) is 9.59 Å². The molecular formula is C19H15NO4. The van der Waals surface area contributed by atoms with Gasteiger partial charge < -0.3 is 14.5 Å². The number of hydrogen-bond donors (Lipinski definition) is 1. The van der Waals surface area contributed by atoms with Crippen molar-refractivity contribution in [3.05, 3.63) is 65.9 Å². The summed E-state index contributed by atoms with van der Waals surface area (Å²) in [5.74, 6) is -0.602. The largest absolute Gasteiger partial charge is 0.457 e. The average molecular weight is 321 g/mol. The normalized spacial score (nSPS) is 16.5. The van der Waals surface area contributed by atoms with Gasteiger partial charge in [0.1, 0.15) is 18.0 Å². The summed E-state index contributed by atoms with van der Waals surface area (Å²) in [5.41, 5.74) is 2.21. The van der Waals surface area contributed by atoms with Gasteiger partial charge in [-0.25, -0.2) is 0 Å². The lowest BCUT2D eigenvalue weighted by atomic mass is 9.91. The number of fused-ring (bicyclic) bond motifs is 2. The number of carbonyl (C=O) groups excluding carboxylic acids is 2. The van der Waals surface area contributed by atoms with E-state index in [2.05, 4.69) is 5.32 Å². The summed E-state index contributed by atoms with van der Waals surface area (Å²) in [7, 11) is 0. The fourth-order valence-corrected chi connectivity index (χ4v) is 2.97. The highest BCUT2D eigenvalue weighted by atomic mass is 16.5. The molecule has 0 saturated heterocycles. The summed E-state index contributed by atoms with van der Waals surface area (Å²) < 4.78 is 11.0. The molecule has 120 valence electrons. The van der Waals surface area contributed by atoms with Gasteiger partial charge in [0.2, 0.25) is 5.91 Å². The Morgan fingerprint density at radius 3 is 2.83 bits per heavy atom. The second-order valence-corrected chi connectivity index (χ2v) is 5.75. The molecule has 3 aromatic rings. The van der Waals surface area contributed by atoms with Gasteiger partial charge in [-0.05, 0) is 23.8 Å². The predicted octanol–water partition coefficient (Wildman–Crippen LogP) is 3.60. The van der Waals surface area contributed by atoms with Gasteiger partial charge in [-0.15, -0.1) is 0 Å². The first-order valence-corrected chi connectivity index (χ1v) is 7.73. The summed E-state index contributed by atoms with van der Waals surface area (Å²) in [6.45, 7) is 0.0494. The van der Waals surface area contributed by atoms with Crippen LogP contribution in [-0.2, 0) is 20.9 Å². The van der Waals surface area contributed by atoms with E-state index in [1.807, 2.05) is 48.5 Å². The zero-order valence-corrected chi connectivity index (χ0v) is 12.8. The van der Waals surface area contributed by atoms with Crippen LogP contribution in [-0.4, -0.2) is 11.9 Å². The van der Waals surface area contributed by atoms with Gasteiger partial charge in [-0.2, -0.15) is 0 Å². The van der Waals surface area contributed by atoms with Crippen molar-refractivity contribution in [2.75, 3.05) is 5.32 Å². The van der Waals surface area contributed by atoms with Crippen molar-refractivity contribution in [2.45, 2.75) is 18.9 Å². The Bertz CT molecular complexity index is 895. The highest BCUT2D eigenvalue weighted by Gasteiger charge is 2.31. The first-order valence-electron chi connectivity index (χ1n) is 7.73. The van der Waals surface area contributed by atoms with Crippen LogP contribution < -0.4 is 5.32 Å². The molecule has 1 amide bonds. The number of benzene rings is 2. The Labute approximate surface area is 138 Å². The molecule has 2 aromatic carbocycles. The van der Waals surface area contributed by atoms with Gasteiger partial charge in [0, 0.05) is 17.5 Å². The average Bonchev–Trinajstić information content (AvgIpc) is 3.02. The molecule has 5 heteroatoms. The molecule has 0 spiro atoms. The number of anilines is 1. The molecule has 1 N–H and O–H groups in total. The maximum Gasteiger partial charge on any atom is 0.314 e. The van der Waals surface area contributed by atoms with Gasteiger partial charge in [0.15, 0.2) is 0 Å². The molecule has 0 radical (unpaired) electrons. The molecule has 1 aliphatic heterocycles. The Hall–Kier alpha value is -3.08. The fourth-order valence-electron chi connectivity index (χ4n) is 2.97. The summed E-state index contributed by atoms with van der Waals surface area (Å²) in [6, 6.07) is 16.7. The van der Waals surface area contributed by atoms with Crippen molar-refractivity contribution in [3.63, 3.8) is 0 Å². The lowest BCUT2D eigenvalue weighted by Crippen LogP contribution is -2.28. The SMILES string of the molecule is O=C1CC(C(=O)OCc2cc3ccccc3o2)c2ccccc2N1. The monoisotopic (exact) mass is 321 g/mol. The van der Waals surface area contributed by atoms with Crippen LogP contribution >= 0.6 is 0 Å². The number of hydrogen-bond acceptors (Lipinski definition) is 4. The van der Waals surface area contributed by atoms with E-state index < -0.39 is 11.9 Å². The van der Waals surface area contributed by atoms with Gasteiger partial charge in [0.25, 0.3) is 0 Å². The van der Waals surface area contributed by atoms with Crippen LogP contribution in [0.15, 0.2) is 59.0 Å². The third kappa shape index (κ3) is 2.65. The third-order valence-electron chi connectivity index (χ3n) is 4.12. The lowest BCUT2D eigenvalue weighted by molar-refractivity contribution is -0.148. The van der Waals surface area contributed by atoms with E-state index in [0.29, 0.717) is 11.4 Å². The number of esters is 1. The van der Waals surface area contributed by atoms with Crippen LogP contribution in [0.1, 0.15) is 23.7 Å². The van der Waals surface area contributed by atoms with Crippen LogP contribution in [0.3, 0.4) is 0 Å². The van der Waals surface area contributed by atoms with Gasteiger partial charge in [0.05, 0.1) is 5.92 Å². The van der Waals surface area contributed by atoms with E-state index >= 15 is 0 Å². The molecule has 5 nitrogen and oxygen atoms in total. The van der Waals surface area contributed by atoms with E-state index in [4.69, 9.17) is 9.15 Å². The summed E-state index contributed by atoms with van der Waals surface area (Å²) in [4.78, 5) is 24.2.